The van der Waals surface area contributed by atoms with Gasteiger partial charge in [0.25, 0.3) is 0 Å². The first kappa shape index (κ1) is 14.0. The maximum atomic E-state index is 10.5. The summed E-state index contributed by atoms with van der Waals surface area (Å²) in [5.41, 5.74) is 1.09. The van der Waals surface area contributed by atoms with Gasteiger partial charge in [0.1, 0.15) is 5.82 Å². The molecule has 6 heteroatoms. The van der Waals surface area contributed by atoms with Crippen molar-refractivity contribution in [3.63, 3.8) is 0 Å². The highest BCUT2D eigenvalue weighted by Crippen LogP contribution is 2.36. The van der Waals surface area contributed by atoms with Crippen molar-refractivity contribution in [2.45, 2.75) is 45.8 Å². The number of anilines is 1. The van der Waals surface area contributed by atoms with Crippen LogP contribution in [0.4, 0.5) is 5.82 Å². The Bertz CT molecular complexity index is 487. The van der Waals surface area contributed by atoms with Crippen molar-refractivity contribution in [2.24, 2.45) is 0 Å². The van der Waals surface area contributed by atoms with E-state index in [0.29, 0.717) is 12.2 Å². The molecule has 1 amide bonds. The van der Waals surface area contributed by atoms with Crippen LogP contribution in [0.25, 0.3) is 0 Å². The van der Waals surface area contributed by atoms with Gasteiger partial charge in [-0.1, -0.05) is 0 Å². The standard InChI is InChI=1S/C13H19BN2O3/c1-9-7-15-11(16-8-17)6-10(9)14-18-12(2,3)13(4,5)19-14/h6-8H,1-5H3,(H,15,16,17). The second kappa shape index (κ2) is 4.61. The van der Waals surface area contributed by atoms with Crippen LogP contribution < -0.4 is 10.8 Å². The summed E-state index contributed by atoms with van der Waals surface area (Å²) in [6.07, 6.45) is 2.30. The topological polar surface area (TPSA) is 60.5 Å². The number of rotatable bonds is 3. The van der Waals surface area contributed by atoms with Crippen LogP contribution in [0.15, 0.2) is 12.3 Å². The largest absolute Gasteiger partial charge is 0.495 e. The molecule has 0 aliphatic carbocycles. The average molecular weight is 262 g/mol. The van der Waals surface area contributed by atoms with Gasteiger partial charge in [-0.2, -0.15) is 0 Å². The lowest BCUT2D eigenvalue weighted by molar-refractivity contribution is -0.105. The van der Waals surface area contributed by atoms with E-state index in [4.69, 9.17) is 9.31 Å². The molecule has 1 aliphatic rings. The second-order valence-electron chi connectivity index (χ2n) is 5.78. The minimum absolute atomic E-state index is 0.383. The van der Waals surface area contributed by atoms with E-state index in [9.17, 15) is 4.79 Å². The molecule has 1 saturated heterocycles. The summed E-state index contributed by atoms with van der Waals surface area (Å²) < 4.78 is 12.0. The van der Waals surface area contributed by atoms with Crippen molar-refractivity contribution in [3.05, 3.63) is 17.8 Å². The number of amides is 1. The molecule has 1 aromatic rings. The van der Waals surface area contributed by atoms with Gasteiger partial charge in [-0.3, -0.25) is 4.79 Å². The average Bonchev–Trinajstić information content (AvgIpc) is 2.51. The molecule has 2 heterocycles. The molecular weight excluding hydrogens is 243 g/mol. The predicted octanol–water partition coefficient (Wildman–Crippen LogP) is 1.26. The third-order valence-corrected chi connectivity index (χ3v) is 3.86. The molecular formula is C13H19BN2O3. The van der Waals surface area contributed by atoms with Crippen molar-refractivity contribution in [1.82, 2.24) is 4.98 Å². The van der Waals surface area contributed by atoms with Gasteiger partial charge in [0.05, 0.1) is 11.2 Å². The van der Waals surface area contributed by atoms with Crippen molar-refractivity contribution in [1.29, 1.82) is 0 Å². The van der Waals surface area contributed by atoms with Gasteiger partial charge in [-0.15, -0.1) is 0 Å². The zero-order valence-corrected chi connectivity index (χ0v) is 12.0. The first-order chi connectivity index (χ1) is 8.77. The highest BCUT2D eigenvalue weighted by molar-refractivity contribution is 6.62. The number of hydrogen-bond donors (Lipinski definition) is 1. The van der Waals surface area contributed by atoms with E-state index in [0.717, 1.165) is 11.0 Å². The summed E-state index contributed by atoms with van der Waals surface area (Å²) in [7, 11) is -0.444. The lowest BCUT2D eigenvalue weighted by Gasteiger charge is -2.32. The van der Waals surface area contributed by atoms with Gasteiger partial charge in [0.15, 0.2) is 0 Å². The van der Waals surface area contributed by atoms with Gasteiger partial charge < -0.3 is 14.6 Å². The summed E-state index contributed by atoms with van der Waals surface area (Å²) in [6, 6.07) is 1.78. The molecule has 102 valence electrons. The smallest absolute Gasteiger partial charge is 0.399 e. The van der Waals surface area contributed by atoms with Crippen molar-refractivity contribution in [2.75, 3.05) is 5.32 Å². The van der Waals surface area contributed by atoms with Crippen LogP contribution in [0, 0.1) is 6.92 Å². The lowest BCUT2D eigenvalue weighted by atomic mass is 9.77. The highest BCUT2D eigenvalue weighted by atomic mass is 16.7. The van der Waals surface area contributed by atoms with Crippen LogP contribution in [0.1, 0.15) is 33.3 Å². The number of hydrogen-bond acceptors (Lipinski definition) is 4. The number of aromatic nitrogens is 1. The van der Waals surface area contributed by atoms with Crippen LogP contribution in [-0.4, -0.2) is 29.7 Å². The third-order valence-electron chi connectivity index (χ3n) is 3.86. The lowest BCUT2D eigenvalue weighted by Crippen LogP contribution is -2.41. The van der Waals surface area contributed by atoms with E-state index in [1.807, 2.05) is 34.6 Å². The molecule has 19 heavy (non-hydrogen) atoms. The maximum absolute atomic E-state index is 10.5. The SMILES string of the molecule is Cc1cnc(NC=O)cc1B1OC(C)(C)C(C)(C)O1. The van der Waals surface area contributed by atoms with Crippen LogP contribution in [0.3, 0.4) is 0 Å². The molecule has 0 aromatic carbocycles. The van der Waals surface area contributed by atoms with Gasteiger partial charge >= 0.3 is 7.12 Å². The summed E-state index contributed by atoms with van der Waals surface area (Å²) in [4.78, 5) is 14.6. The molecule has 0 unspecified atom stereocenters. The number of pyridine rings is 1. The monoisotopic (exact) mass is 262 g/mol. The molecule has 1 aliphatic heterocycles. The van der Waals surface area contributed by atoms with Crippen molar-refractivity contribution < 1.29 is 14.1 Å². The van der Waals surface area contributed by atoms with Gasteiger partial charge in [-0.25, -0.2) is 4.98 Å². The number of nitrogens with one attached hydrogen (secondary N) is 1. The quantitative estimate of drug-likeness (QED) is 0.658. The Balaban J connectivity index is 2.33. The van der Waals surface area contributed by atoms with Gasteiger partial charge in [0.2, 0.25) is 6.41 Å². The normalized spacial score (nSPS) is 20.4. The van der Waals surface area contributed by atoms with E-state index in [-0.39, 0.29) is 11.2 Å². The zero-order chi connectivity index (χ0) is 14.3. The Kier molecular flexibility index (Phi) is 3.41. The molecule has 0 saturated carbocycles. The molecule has 1 N–H and O–H groups in total. The number of aryl methyl sites for hydroxylation is 1. The third kappa shape index (κ3) is 2.50. The van der Waals surface area contributed by atoms with Crippen LogP contribution in [0.5, 0.6) is 0 Å². The maximum Gasteiger partial charge on any atom is 0.495 e. The molecule has 1 fully saturated rings. The van der Waals surface area contributed by atoms with Crippen LogP contribution >= 0.6 is 0 Å². The molecule has 1 aromatic heterocycles. The number of nitrogens with zero attached hydrogens (tertiary/aromatic N) is 1. The van der Waals surface area contributed by atoms with Crippen molar-refractivity contribution >= 4 is 24.8 Å². The first-order valence-electron chi connectivity index (χ1n) is 6.29. The van der Waals surface area contributed by atoms with E-state index >= 15 is 0 Å². The predicted molar refractivity (Wildman–Crippen MR) is 74.4 cm³/mol. The number of carbonyl (C=O) groups is 1. The fourth-order valence-corrected chi connectivity index (χ4v) is 1.90. The molecule has 0 atom stereocenters. The Labute approximate surface area is 113 Å². The van der Waals surface area contributed by atoms with E-state index < -0.39 is 7.12 Å². The number of carbonyl (C=O) groups excluding carboxylic acids is 1. The van der Waals surface area contributed by atoms with E-state index in [2.05, 4.69) is 10.3 Å². The molecule has 2 rings (SSSR count). The Morgan fingerprint density at radius 1 is 1.26 bits per heavy atom. The van der Waals surface area contributed by atoms with Gasteiger partial charge in [0, 0.05) is 6.20 Å². The summed E-state index contributed by atoms with van der Waals surface area (Å²) in [5.74, 6) is 0.491. The minimum Gasteiger partial charge on any atom is -0.399 e. The Morgan fingerprint density at radius 3 is 2.37 bits per heavy atom. The Hall–Kier alpha value is -1.40. The van der Waals surface area contributed by atoms with E-state index in [1.54, 1.807) is 12.3 Å². The molecule has 0 radical (unpaired) electrons. The van der Waals surface area contributed by atoms with E-state index in [1.165, 1.54) is 0 Å². The fourth-order valence-electron chi connectivity index (χ4n) is 1.90. The first-order valence-corrected chi connectivity index (χ1v) is 6.29. The van der Waals surface area contributed by atoms with Crippen molar-refractivity contribution in [3.8, 4) is 0 Å². The summed E-state index contributed by atoms with van der Waals surface area (Å²) >= 11 is 0. The summed E-state index contributed by atoms with van der Waals surface area (Å²) in [6.45, 7) is 9.97. The zero-order valence-electron chi connectivity index (χ0n) is 12.0. The minimum atomic E-state index is -0.444. The van der Waals surface area contributed by atoms with Crippen LogP contribution in [-0.2, 0) is 14.1 Å². The summed E-state index contributed by atoms with van der Waals surface area (Å²) in [5, 5.41) is 2.54. The molecule has 0 spiro atoms. The fraction of sp³-hybridized carbons (Fsp3) is 0.538. The molecule has 5 nitrogen and oxygen atoms in total. The van der Waals surface area contributed by atoms with Gasteiger partial charge in [-0.05, 0) is 51.7 Å². The van der Waals surface area contributed by atoms with Crippen LogP contribution in [0.2, 0.25) is 0 Å². The highest BCUT2D eigenvalue weighted by Gasteiger charge is 2.52. The Morgan fingerprint density at radius 2 is 1.84 bits per heavy atom. The second-order valence-corrected chi connectivity index (χ2v) is 5.78. The molecule has 0 bridgehead atoms.